The van der Waals surface area contributed by atoms with E-state index in [9.17, 15) is 13.2 Å². The highest BCUT2D eigenvalue weighted by atomic mass is 19.4. The molecule has 0 aliphatic heterocycles. The van der Waals surface area contributed by atoms with E-state index in [1.165, 1.54) is 24.3 Å². The first-order valence-corrected chi connectivity index (χ1v) is 4.90. The molecule has 17 heavy (non-hydrogen) atoms. The fraction of sp³-hybridized carbons (Fsp3) is 0.364. The molecule has 0 heterocycles. The normalized spacial score (nSPS) is 12.6. The molecule has 0 bridgehead atoms. The zero-order chi connectivity index (χ0) is 12.9. The van der Waals surface area contributed by atoms with Crippen molar-refractivity contribution in [3.63, 3.8) is 0 Å². The number of rotatable bonds is 4. The van der Waals surface area contributed by atoms with E-state index in [1.54, 1.807) is 0 Å². The molecule has 0 saturated carbocycles. The molecule has 92 valence electrons. The van der Waals surface area contributed by atoms with Crippen LogP contribution in [-0.2, 0) is 0 Å². The van der Waals surface area contributed by atoms with Gasteiger partial charge in [-0.15, -0.1) is 13.2 Å². The summed E-state index contributed by atoms with van der Waals surface area (Å²) in [6, 6.07) is 7.30. The summed E-state index contributed by atoms with van der Waals surface area (Å²) < 4.78 is 39.4. The molecule has 0 spiro atoms. The number of halogens is 3. The Morgan fingerprint density at radius 1 is 1.35 bits per heavy atom. The van der Waals surface area contributed by atoms with Gasteiger partial charge in [0.05, 0.1) is 12.5 Å². The average Bonchev–Trinajstić information content (AvgIpc) is 2.19. The molecule has 0 aliphatic carbocycles. The van der Waals surface area contributed by atoms with Gasteiger partial charge in [0.15, 0.2) is 0 Å². The maximum absolute atomic E-state index is 11.9. The summed E-state index contributed by atoms with van der Waals surface area (Å²) in [5.41, 5.74) is 0.641. The summed E-state index contributed by atoms with van der Waals surface area (Å²) in [7, 11) is 0. The van der Waals surface area contributed by atoms with Crippen LogP contribution in [-0.4, -0.2) is 12.4 Å². The van der Waals surface area contributed by atoms with Gasteiger partial charge in [-0.05, 0) is 31.2 Å². The minimum atomic E-state index is -4.68. The highest BCUT2D eigenvalue weighted by molar-refractivity contribution is 5.47. The topological polar surface area (TPSA) is 45.0 Å². The molecular weight excluding hydrogens is 233 g/mol. The predicted molar refractivity (Wildman–Crippen MR) is 56.4 cm³/mol. The van der Waals surface area contributed by atoms with Crippen LogP contribution in [0.25, 0.3) is 0 Å². The maximum Gasteiger partial charge on any atom is 0.573 e. The number of nitrogens with zero attached hydrogens (tertiary/aromatic N) is 1. The van der Waals surface area contributed by atoms with Crippen LogP contribution >= 0.6 is 0 Å². The van der Waals surface area contributed by atoms with Gasteiger partial charge in [0.2, 0.25) is 0 Å². The zero-order valence-electron chi connectivity index (χ0n) is 9.08. The first kappa shape index (κ1) is 13.2. The summed E-state index contributed by atoms with van der Waals surface area (Å²) in [6.07, 6.45) is -4.36. The quantitative estimate of drug-likeness (QED) is 0.883. The van der Waals surface area contributed by atoms with Gasteiger partial charge >= 0.3 is 6.36 Å². The molecule has 3 nitrogen and oxygen atoms in total. The van der Waals surface area contributed by atoms with Crippen molar-refractivity contribution in [2.24, 2.45) is 0 Å². The van der Waals surface area contributed by atoms with Crippen LogP contribution in [0.1, 0.15) is 13.3 Å². The van der Waals surface area contributed by atoms with Crippen LogP contribution in [0.2, 0.25) is 0 Å². The van der Waals surface area contributed by atoms with E-state index in [2.05, 4.69) is 10.1 Å². The summed E-state index contributed by atoms with van der Waals surface area (Å²) in [6.45, 7) is 1.81. The third kappa shape index (κ3) is 5.11. The van der Waals surface area contributed by atoms with Gasteiger partial charge in [-0.3, -0.25) is 0 Å². The number of nitrogens with one attached hydrogen (secondary N) is 1. The van der Waals surface area contributed by atoms with Crippen molar-refractivity contribution in [1.82, 2.24) is 0 Å². The smallest absolute Gasteiger partial charge is 0.406 e. The van der Waals surface area contributed by atoms with Crippen molar-refractivity contribution in [2.75, 3.05) is 5.32 Å². The fourth-order valence-electron chi connectivity index (χ4n) is 1.23. The first-order chi connectivity index (χ1) is 7.90. The Balaban J connectivity index is 2.59. The minimum Gasteiger partial charge on any atom is -0.406 e. The van der Waals surface area contributed by atoms with Crippen LogP contribution in [0.3, 0.4) is 0 Å². The average molecular weight is 244 g/mol. The van der Waals surface area contributed by atoms with E-state index in [0.717, 1.165) is 0 Å². The number of hydrogen-bond acceptors (Lipinski definition) is 3. The second-order valence-corrected chi connectivity index (χ2v) is 3.48. The maximum atomic E-state index is 11.9. The van der Waals surface area contributed by atoms with Crippen molar-refractivity contribution in [3.05, 3.63) is 24.3 Å². The Morgan fingerprint density at radius 3 is 2.41 bits per heavy atom. The predicted octanol–water partition coefficient (Wildman–Crippen LogP) is 3.30. The minimum absolute atomic E-state index is 0.0608. The molecule has 1 atom stereocenters. The van der Waals surface area contributed by atoms with Gasteiger partial charge in [0.25, 0.3) is 0 Å². The summed E-state index contributed by atoms with van der Waals surface area (Å²) in [4.78, 5) is 0. The lowest BCUT2D eigenvalue weighted by Gasteiger charge is -2.13. The van der Waals surface area contributed by atoms with E-state index < -0.39 is 6.36 Å². The number of hydrogen-bond donors (Lipinski definition) is 1. The molecule has 1 N–H and O–H groups in total. The molecule has 1 rings (SSSR count). The SMILES string of the molecule is CC(CC#N)Nc1ccc(OC(F)(F)F)cc1. The summed E-state index contributed by atoms with van der Waals surface area (Å²) in [5, 5.41) is 11.4. The third-order valence-electron chi connectivity index (χ3n) is 1.90. The van der Waals surface area contributed by atoms with Crippen LogP contribution in [0.15, 0.2) is 24.3 Å². The highest BCUT2D eigenvalue weighted by Crippen LogP contribution is 2.24. The molecule has 1 unspecified atom stereocenters. The standard InChI is InChI=1S/C11H11F3N2O/c1-8(6-7-15)16-9-2-4-10(5-3-9)17-11(12,13)14/h2-5,8,16H,6H2,1H3. The monoisotopic (exact) mass is 244 g/mol. The Hall–Kier alpha value is -1.90. The van der Waals surface area contributed by atoms with Gasteiger partial charge in [-0.2, -0.15) is 5.26 Å². The van der Waals surface area contributed by atoms with E-state index in [1.807, 2.05) is 13.0 Å². The summed E-state index contributed by atoms with van der Waals surface area (Å²) in [5.74, 6) is -0.268. The lowest BCUT2D eigenvalue weighted by molar-refractivity contribution is -0.274. The molecule has 0 aromatic heterocycles. The van der Waals surface area contributed by atoms with Gasteiger partial charge in [0, 0.05) is 11.7 Å². The van der Waals surface area contributed by atoms with Gasteiger partial charge in [-0.1, -0.05) is 0 Å². The number of anilines is 1. The van der Waals surface area contributed by atoms with Crippen molar-refractivity contribution in [1.29, 1.82) is 5.26 Å². The van der Waals surface area contributed by atoms with Crippen LogP contribution < -0.4 is 10.1 Å². The number of nitriles is 1. The fourth-order valence-corrected chi connectivity index (χ4v) is 1.23. The third-order valence-corrected chi connectivity index (χ3v) is 1.90. The van der Waals surface area contributed by atoms with Crippen LogP contribution in [0, 0.1) is 11.3 Å². The van der Waals surface area contributed by atoms with E-state index in [0.29, 0.717) is 12.1 Å². The number of ether oxygens (including phenoxy) is 1. The largest absolute Gasteiger partial charge is 0.573 e. The molecule has 1 aromatic carbocycles. The zero-order valence-corrected chi connectivity index (χ0v) is 9.08. The van der Waals surface area contributed by atoms with Crippen LogP contribution in [0.5, 0.6) is 5.75 Å². The van der Waals surface area contributed by atoms with E-state index in [-0.39, 0.29) is 11.8 Å². The lowest BCUT2D eigenvalue weighted by atomic mass is 10.2. The van der Waals surface area contributed by atoms with Crippen molar-refractivity contribution < 1.29 is 17.9 Å². The van der Waals surface area contributed by atoms with Gasteiger partial charge < -0.3 is 10.1 Å². The number of alkyl halides is 3. The van der Waals surface area contributed by atoms with E-state index in [4.69, 9.17) is 5.26 Å². The van der Waals surface area contributed by atoms with Crippen LogP contribution in [0.4, 0.5) is 18.9 Å². The lowest BCUT2D eigenvalue weighted by Crippen LogP contribution is -2.17. The second kappa shape index (κ2) is 5.43. The molecule has 0 saturated heterocycles. The Bertz CT molecular complexity index is 395. The Kier molecular flexibility index (Phi) is 4.21. The Labute approximate surface area is 96.8 Å². The highest BCUT2D eigenvalue weighted by Gasteiger charge is 2.30. The molecular formula is C11H11F3N2O. The van der Waals surface area contributed by atoms with Gasteiger partial charge in [0.1, 0.15) is 5.75 Å². The van der Waals surface area contributed by atoms with Crippen molar-refractivity contribution >= 4 is 5.69 Å². The Morgan fingerprint density at radius 2 is 1.94 bits per heavy atom. The molecule has 6 heteroatoms. The molecule has 1 aromatic rings. The second-order valence-electron chi connectivity index (χ2n) is 3.48. The first-order valence-electron chi connectivity index (χ1n) is 4.90. The van der Waals surface area contributed by atoms with Crippen molar-refractivity contribution in [3.8, 4) is 11.8 Å². The molecule has 0 amide bonds. The number of benzene rings is 1. The van der Waals surface area contributed by atoms with Crippen molar-refractivity contribution in [2.45, 2.75) is 25.7 Å². The van der Waals surface area contributed by atoms with E-state index >= 15 is 0 Å². The molecule has 0 radical (unpaired) electrons. The summed E-state index contributed by atoms with van der Waals surface area (Å²) >= 11 is 0. The molecule has 0 aliphatic rings. The van der Waals surface area contributed by atoms with Gasteiger partial charge in [-0.25, -0.2) is 0 Å². The molecule has 0 fully saturated rings.